The fourth-order valence-electron chi connectivity index (χ4n) is 4.58. The van der Waals surface area contributed by atoms with Crippen molar-refractivity contribution in [2.45, 2.75) is 44.9 Å². The summed E-state index contributed by atoms with van der Waals surface area (Å²) in [7, 11) is 0. The summed E-state index contributed by atoms with van der Waals surface area (Å²) < 4.78 is 0. The summed E-state index contributed by atoms with van der Waals surface area (Å²) in [4.78, 5) is 2.43. The van der Waals surface area contributed by atoms with Crippen LogP contribution in [-0.2, 0) is 12.8 Å². The molecule has 136 valence electrons. The van der Waals surface area contributed by atoms with Crippen molar-refractivity contribution in [1.29, 1.82) is 10.5 Å². The third-order valence-corrected chi connectivity index (χ3v) is 5.96. The maximum Gasteiger partial charge on any atom is 0.102 e. The van der Waals surface area contributed by atoms with E-state index in [1.165, 1.54) is 24.9 Å². The van der Waals surface area contributed by atoms with E-state index in [0.717, 1.165) is 61.0 Å². The van der Waals surface area contributed by atoms with Gasteiger partial charge >= 0.3 is 0 Å². The molecule has 1 saturated heterocycles. The van der Waals surface area contributed by atoms with Crippen molar-refractivity contribution in [2.24, 2.45) is 0 Å². The van der Waals surface area contributed by atoms with Crippen LogP contribution < -0.4 is 10.6 Å². The summed E-state index contributed by atoms with van der Waals surface area (Å²) >= 11 is 0. The van der Waals surface area contributed by atoms with E-state index in [1.54, 1.807) is 0 Å². The summed E-state index contributed by atoms with van der Waals surface area (Å²) in [6.07, 6.45) is 7.75. The number of fused-ring (bicyclic) bond motifs is 1. The van der Waals surface area contributed by atoms with Crippen LogP contribution in [0, 0.1) is 22.7 Å². The molecule has 4 rings (SSSR count). The van der Waals surface area contributed by atoms with Crippen molar-refractivity contribution in [3.8, 4) is 23.3 Å². The number of piperidine rings is 1. The quantitative estimate of drug-likeness (QED) is 0.801. The molecule has 0 radical (unpaired) electrons. The number of anilines is 2. The molecule has 1 aliphatic carbocycles. The van der Waals surface area contributed by atoms with Gasteiger partial charge in [0.1, 0.15) is 12.1 Å². The summed E-state index contributed by atoms with van der Waals surface area (Å²) in [6, 6.07) is 13.1. The maximum absolute atomic E-state index is 9.79. The molecule has 0 spiro atoms. The molecule has 2 aromatic rings. The first-order chi connectivity index (χ1) is 13.2. The van der Waals surface area contributed by atoms with Gasteiger partial charge in [-0.1, -0.05) is 12.1 Å². The highest BCUT2D eigenvalue weighted by Gasteiger charge is 2.25. The monoisotopic (exact) mass is 356 g/mol. The fourth-order valence-corrected chi connectivity index (χ4v) is 4.58. The minimum absolute atomic E-state index is 0.343. The Hall–Kier alpha value is -2.98. The lowest BCUT2D eigenvalue weighted by Gasteiger charge is -2.29. The minimum atomic E-state index is 0.343. The Bertz CT molecular complexity index is 939. The zero-order valence-corrected chi connectivity index (χ0v) is 15.6. The first kappa shape index (κ1) is 17.4. The summed E-state index contributed by atoms with van der Waals surface area (Å²) in [6.45, 7) is 2.23. The van der Waals surface area contributed by atoms with Crippen LogP contribution in [0.1, 0.15) is 54.4 Å². The van der Waals surface area contributed by atoms with E-state index in [4.69, 9.17) is 5.73 Å². The lowest BCUT2D eigenvalue weighted by Crippen LogP contribution is -2.29. The molecule has 1 heterocycles. The Balaban J connectivity index is 1.83. The van der Waals surface area contributed by atoms with Crippen LogP contribution in [-0.4, -0.2) is 13.1 Å². The average molecular weight is 356 g/mol. The second kappa shape index (κ2) is 7.33. The number of nitrogen functional groups attached to an aromatic ring is 1. The topological polar surface area (TPSA) is 76.8 Å². The lowest BCUT2D eigenvalue weighted by atomic mass is 9.80. The van der Waals surface area contributed by atoms with Crippen LogP contribution in [0.5, 0.6) is 0 Å². The van der Waals surface area contributed by atoms with Crippen LogP contribution in [0.4, 0.5) is 11.4 Å². The van der Waals surface area contributed by atoms with Crippen LogP contribution >= 0.6 is 0 Å². The first-order valence-electron chi connectivity index (χ1n) is 9.87. The molecule has 0 bridgehead atoms. The second-order valence-corrected chi connectivity index (χ2v) is 7.52. The number of nitrogens with zero attached hydrogens (tertiary/aromatic N) is 3. The number of nitrogens with two attached hydrogens (primary N) is 1. The fraction of sp³-hybridized carbons (Fsp3) is 0.391. The zero-order valence-electron chi connectivity index (χ0n) is 15.6. The van der Waals surface area contributed by atoms with Crippen LogP contribution in [0.3, 0.4) is 0 Å². The van der Waals surface area contributed by atoms with Gasteiger partial charge in [0.05, 0.1) is 16.8 Å². The van der Waals surface area contributed by atoms with Crippen molar-refractivity contribution in [3.05, 3.63) is 46.5 Å². The number of hydrogen-bond acceptors (Lipinski definition) is 4. The van der Waals surface area contributed by atoms with Crippen LogP contribution in [0.2, 0.25) is 0 Å². The molecule has 0 atom stereocenters. The van der Waals surface area contributed by atoms with Gasteiger partial charge in [-0.3, -0.25) is 0 Å². The number of hydrogen-bond donors (Lipinski definition) is 1. The van der Waals surface area contributed by atoms with Gasteiger partial charge < -0.3 is 10.6 Å². The predicted octanol–water partition coefficient (Wildman–Crippen LogP) is 4.55. The van der Waals surface area contributed by atoms with Gasteiger partial charge in [-0.2, -0.15) is 10.5 Å². The van der Waals surface area contributed by atoms with Gasteiger partial charge in [-0.25, -0.2) is 0 Å². The Kier molecular flexibility index (Phi) is 4.73. The molecule has 1 aliphatic heterocycles. The van der Waals surface area contributed by atoms with Crippen molar-refractivity contribution in [3.63, 3.8) is 0 Å². The van der Waals surface area contributed by atoms with E-state index in [1.807, 2.05) is 0 Å². The molecule has 1 fully saturated rings. The van der Waals surface area contributed by atoms with E-state index >= 15 is 0 Å². The van der Waals surface area contributed by atoms with Crippen molar-refractivity contribution >= 4 is 11.4 Å². The highest BCUT2D eigenvalue weighted by molar-refractivity contribution is 5.85. The standard InChI is InChI=1S/C23H24N4/c24-14-20-18-6-2-3-7-19(18)22(21(15-25)23(20)26)16-8-10-17(11-9-16)27-12-4-1-5-13-27/h8-11H,1-7,12-13,26H2. The van der Waals surface area contributed by atoms with Gasteiger partial charge in [0, 0.05) is 24.3 Å². The smallest absolute Gasteiger partial charge is 0.102 e. The molecule has 2 aliphatic rings. The molecule has 2 N–H and O–H groups in total. The highest BCUT2D eigenvalue weighted by Crippen LogP contribution is 2.40. The normalized spacial score (nSPS) is 16.3. The molecular formula is C23H24N4. The van der Waals surface area contributed by atoms with E-state index < -0.39 is 0 Å². The molecular weight excluding hydrogens is 332 g/mol. The zero-order chi connectivity index (χ0) is 18.8. The molecule has 0 saturated carbocycles. The van der Waals surface area contributed by atoms with E-state index in [-0.39, 0.29) is 0 Å². The van der Waals surface area contributed by atoms with Crippen LogP contribution in [0.15, 0.2) is 24.3 Å². The lowest BCUT2D eigenvalue weighted by molar-refractivity contribution is 0.578. The van der Waals surface area contributed by atoms with E-state index in [0.29, 0.717) is 16.8 Å². The molecule has 0 unspecified atom stereocenters. The summed E-state index contributed by atoms with van der Waals surface area (Å²) in [5.74, 6) is 0. The van der Waals surface area contributed by atoms with Gasteiger partial charge in [-0.05, 0) is 73.8 Å². The van der Waals surface area contributed by atoms with Gasteiger partial charge in [-0.15, -0.1) is 0 Å². The predicted molar refractivity (Wildman–Crippen MR) is 108 cm³/mol. The summed E-state index contributed by atoms with van der Waals surface area (Å²) in [5, 5.41) is 19.4. The van der Waals surface area contributed by atoms with Crippen molar-refractivity contribution < 1.29 is 0 Å². The molecule has 4 heteroatoms. The second-order valence-electron chi connectivity index (χ2n) is 7.52. The van der Waals surface area contributed by atoms with Gasteiger partial charge in [0.2, 0.25) is 0 Å². The maximum atomic E-state index is 9.79. The number of rotatable bonds is 2. The Morgan fingerprint density at radius 2 is 1.41 bits per heavy atom. The third-order valence-electron chi connectivity index (χ3n) is 5.96. The average Bonchev–Trinajstić information content (AvgIpc) is 2.74. The Morgan fingerprint density at radius 3 is 2.04 bits per heavy atom. The van der Waals surface area contributed by atoms with Crippen molar-refractivity contribution in [2.75, 3.05) is 23.7 Å². The Labute approximate surface area is 160 Å². The van der Waals surface area contributed by atoms with Gasteiger partial charge in [0.25, 0.3) is 0 Å². The van der Waals surface area contributed by atoms with Crippen LogP contribution in [0.25, 0.3) is 11.1 Å². The third kappa shape index (κ3) is 3.02. The largest absolute Gasteiger partial charge is 0.397 e. The Morgan fingerprint density at radius 1 is 0.778 bits per heavy atom. The molecule has 4 nitrogen and oxygen atoms in total. The van der Waals surface area contributed by atoms with Crippen molar-refractivity contribution in [1.82, 2.24) is 0 Å². The number of benzene rings is 2. The minimum Gasteiger partial charge on any atom is -0.397 e. The molecule has 2 aromatic carbocycles. The summed E-state index contributed by atoms with van der Waals surface area (Å²) in [5.41, 5.74) is 13.0. The van der Waals surface area contributed by atoms with E-state index in [2.05, 4.69) is 41.3 Å². The van der Waals surface area contributed by atoms with E-state index in [9.17, 15) is 10.5 Å². The first-order valence-corrected chi connectivity index (χ1v) is 9.87. The van der Waals surface area contributed by atoms with Gasteiger partial charge in [0.15, 0.2) is 0 Å². The SMILES string of the molecule is N#Cc1c(N)c(C#N)c(-c2ccc(N3CCCCC3)cc2)c2c1CCCC2. The number of nitriles is 2. The molecule has 27 heavy (non-hydrogen) atoms. The molecule has 0 amide bonds. The highest BCUT2D eigenvalue weighted by atomic mass is 15.1. The molecule has 0 aromatic heterocycles.